The third-order valence-corrected chi connectivity index (χ3v) is 6.18. The number of aryl methyl sites for hydroxylation is 1. The van der Waals surface area contributed by atoms with Gasteiger partial charge in [0.05, 0.1) is 12.2 Å². The van der Waals surface area contributed by atoms with Gasteiger partial charge >= 0.3 is 6.18 Å². The fourth-order valence-corrected chi connectivity index (χ4v) is 4.09. The van der Waals surface area contributed by atoms with Crippen LogP contribution >= 0.6 is 11.6 Å². The van der Waals surface area contributed by atoms with E-state index < -0.39 is 24.1 Å². The molecule has 11 heteroatoms. The number of amides is 1. The number of pyridine rings is 1. The van der Waals surface area contributed by atoms with E-state index in [1.165, 1.54) is 16.8 Å². The smallest absolute Gasteiger partial charge is 0.389 e. The Morgan fingerprint density at radius 3 is 2.54 bits per heavy atom. The second-order valence-corrected chi connectivity index (χ2v) is 9.26. The Morgan fingerprint density at radius 1 is 1.05 bits per heavy atom. The van der Waals surface area contributed by atoms with Gasteiger partial charge < -0.3 is 10.4 Å². The third-order valence-electron chi connectivity index (χ3n) is 5.92. The lowest BCUT2D eigenvalue weighted by molar-refractivity contribution is -0.135. The summed E-state index contributed by atoms with van der Waals surface area (Å²) in [5, 5.41) is 13.0. The van der Waals surface area contributed by atoms with Crippen molar-refractivity contribution in [3.63, 3.8) is 0 Å². The van der Waals surface area contributed by atoms with Crippen molar-refractivity contribution < 1.29 is 23.1 Å². The first kappa shape index (κ1) is 27.8. The van der Waals surface area contributed by atoms with E-state index in [0.717, 1.165) is 0 Å². The van der Waals surface area contributed by atoms with Gasteiger partial charge in [-0.2, -0.15) is 13.2 Å². The Labute approximate surface area is 226 Å². The van der Waals surface area contributed by atoms with Gasteiger partial charge in [0.15, 0.2) is 0 Å². The maximum Gasteiger partial charge on any atom is 0.389 e. The van der Waals surface area contributed by atoms with Crippen LogP contribution in [0.1, 0.15) is 40.2 Å². The minimum Gasteiger partial charge on any atom is -0.493 e. The highest BCUT2D eigenvalue weighted by atomic mass is 35.5. The monoisotopic (exact) mass is 556 g/mol. The summed E-state index contributed by atoms with van der Waals surface area (Å²) in [6.07, 6.45) is -4.20. The van der Waals surface area contributed by atoms with Crippen LogP contribution in [0.15, 0.2) is 77.7 Å². The lowest BCUT2D eigenvalue weighted by Gasteiger charge is -2.15. The zero-order chi connectivity index (χ0) is 28.0. The average Bonchev–Trinajstić information content (AvgIpc) is 2.89. The number of carbonyl (C=O) groups is 1. The molecule has 0 radical (unpaired) electrons. The number of rotatable bonds is 9. The molecule has 7 nitrogen and oxygen atoms in total. The number of hydrogen-bond acceptors (Lipinski definition) is 5. The largest absolute Gasteiger partial charge is 0.493 e. The number of halogens is 4. The standard InChI is InChI=1S/C28H24ClF3N4O3/c29-22-10-8-19(9-11-22)23-15-25(37)36(24(35-23)7-2-12-28(30,31)32)17-18-4-1-5-20(14-18)26(38)34-16-21-6-3-13-33-27(21)39/h1,3-6,8-11,13-15H,2,7,12,16-17H2,(H,33,39)(H,34,38). The highest BCUT2D eigenvalue weighted by Gasteiger charge is 2.26. The van der Waals surface area contributed by atoms with Crippen LogP contribution in [-0.2, 0) is 19.5 Å². The molecule has 202 valence electrons. The molecule has 0 spiro atoms. The van der Waals surface area contributed by atoms with Crippen LogP contribution in [-0.4, -0.2) is 31.7 Å². The van der Waals surface area contributed by atoms with E-state index in [-0.39, 0.29) is 37.6 Å². The fraction of sp³-hybridized carbons (Fsp3) is 0.214. The quantitative estimate of drug-likeness (QED) is 0.283. The van der Waals surface area contributed by atoms with Gasteiger partial charge in [-0.15, -0.1) is 0 Å². The number of hydrogen-bond donors (Lipinski definition) is 2. The molecule has 2 aromatic heterocycles. The minimum atomic E-state index is -4.33. The molecule has 2 N–H and O–H groups in total. The number of nitrogens with one attached hydrogen (secondary N) is 1. The summed E-state index contributed by atoms with van der Waals surface area (Å²) in [6, 6.07) is 17.8. The first-order valence-corrected chi connectivity index (χ1v) is 12.4. The molecule has 4 rings (SSSR count). The van der Waals surface area contributed by atoms with Crippen LogP contribution in [0, 0.1) is 0 Å². The van der Waals surface area contributed by atoms with Crippen molar-refractivity contribution in [3.05, 3.63) is 111 Å². The Balaban J connectivity index is 1.58. The van der Waals surface area contributed by atoms with Crippen molar-refractivity contribution in [1.29, 1.82) is 0 Å². The van der Waals surface area contributed by atoms with Crippen molar-refractivity contribution in [2.75, 3.05) is 0 Å². The Kier molecular flexibility index (Phi) is 8.65. The Hall–Kier alpha value is -4.18. The molecule has 39 heavy (non-hydrogen) atoms. The summed E-state index contributed by atoms with van der Waals surface area (Å²) in [5.41, 5.74) is 1.86. The predicted octanol–water partition coefficient (Wildman–Crippen LogP) is 5.53. The zero-order valence-electron chi connectivity index (χ0n) is 20.6. The fourth-order valence-electron chi connectivity index (χ4n) is 3.97. The average molecular weight is 557 g/mol. The number of aromatic nitrogens is 3. The molecule has 2 aromatic carbocycles. The van der Waals surface area contributed by atoms with Gasteiger partial charge in [-0.3, -0.25) is 14.2 Å². The highest BCUT2D eigenvalue weighted by Crippen LogP contribution is 2.24. The number of carbonyl (C=O) groups excluding carboxylic acids is 1. The molecular formula is C28H24ClF3N4O3. The number of aromatic hydroxyl groups is 1. The van der Waals surface area contributed by atoms with Gasteiger partial charge in [0.1, 0.15) is 5.82 Å². The first-order chi connectivity index (χ1) is 18.6. The van der Waals surface area contributed by atoms with Gasteiger partial charge in [-0.1, -0.05) is 41.9 Å². The van der Waals surface area contributed by atoms with E-state index in [0.29, 0.717) is 33.0 Å². The third kappa shape index (κ3) is 7.67. The van der Waals surface area contributed by atoms with E-state index in [2.05, 4.69) is 15.3 Å². The molecule has 0 unspecified atom stereocenters. The molecule has 0 aliphatic rings. The molecule has 0 atom stereocenters. The molecule has 0 aliphatic carbocycles. The lowest BCUT2D eigenvalue weighted by atomic mass is 10.1. The summed E-state index contributed by atoms with van der Waals surface area (Å²) in [6.45, 7) is 0.0697. The molecule has 0 saturated heterocycles. The van der Waals surface area contributed by atoms with Crippen molar-refractivity contribution in [1.82, 2.24) is 19.9 Å². The summed E-state index contributed by atoms with van der Waals surface area (Å²) in [5.74, 6) is -0.383. The van der Waals surface area contributed by atoms with E-state index in [1.807, 2.05) is 0 Å². The van der Waals surface area contributed by atoms with Crippen LogP contribution in [0.4, 0.5) is 13.2 Å². The van der Waals surface area contributed by atoms with Crippen molar-refractivity contribution in [3.8, 4) is 17.1 Å². The highest BCUT2D eigenvalue weighted by molar-refractivity contribution is 6.30. The van der Waals surface area contributed by atoms with E-state index in [9.17, 15) is 27.9 Å². The molecule has 0 saturated carbocycles. The lowest BCUT2D eigenvalue weighted by Crippen LogP contribution is -2.26. The minimum absolute atomic E-state index is 0.0125. The molecule has 1 amide bonds. The van der Waals surface area contributed by atoms with Crippen molar-refractivity contribution >= 4 is 17.5 Å². The summed E-state index contributed by atoms with van der Waals surface area (Å²) < 4.78 is 39.8. The van der Waals surface area contributed by atoms with Gasteiger partial charge in [0.25, 0.3) is 11.5 Å². The van der Waals surface area contributed by atoms with Crippen LogP contribution < -0.4 is 10.9 Å². The molecule has 0 aliphatic heterocycles. The van der Waals surface area contributed by atoms with E-state index in [4.69, 9.17) is 11.6 Å². The zero-order valence-corrected chi connectivity index (χ0v) is 21.3. The number of nitrogens with zero attached hydrogens (tertiary/aromatic N) is 3. The van der Waals surface area contributed by atoms with Gasteiger partial charge in [-0.25, -0.2) is 9.97 Å². The number of benzene rings is 2. The molecule has 2 heterocycles. The molecule has 0 bridgehead atoms. The molecule has 4 aromatic rings. The topological polar surface area (TPSA) is 97.1 Å². The molecular weight excluding hydrogens is 533 g/mol. The van der Waals surface area contributed by atoms with Crippen LogP contribution in [0.5, 0.6) is 5.88 Å². The number of alkyl halides is 3. The predicted molar refractivity (Wildman–Crippen MR) is 141 cm³/mol. The van der Waals surface area contributed by atoms with Crippen LogP contribution in [0.3, 0.4) is 0 Å². The second kappa shape index (κ2) is 12.1. The van der Waals surface area contributed by atoms with Crippen LogP contribution in [0.2, 0.25) is 5.02 Å². The van der Waals surface area contributed by atoms with Gasteiger partial charge in [-0.05, 0) is 42.3 Å². The maximum absolute atomic E-state index is 13.1. The maximum atomic E-state index is 13.1. The van der Waals surface area contributed by atoms with E-state index >= 15 is 0 Å². The van der Waals surface area contributed by atoms with Crippen LogP contribution in [0.25, 0.3) is 11.3 Å². The first-order valence-electron chi connectivity index (χ1n) is 12.0. The molecule has 0 fully saturated rings. The van der Waals surface area contributed by atoms with Gasteiger partial charge in [0, 0.05) is 53.4 Å². The normalized spacial score (nSPS) is 11.4. The summed E-state index contributed by atoms with van der Waals surface area (Å²) in [4.78, 5) is 34.2. The van der Waals surface area contributed by atoms with Crippen molar-refractivity contribution in [2.24, 2.45) is 0 Å². The summed E-state index contributed by atoms with van der Waals surface area (Å²) in [7, 11) is 0. The van der Waals surface area contributed by atoms with Gasteiger partial charge in [0.2, 0.25) is 5.88 Å². The summed E-state index contributed by atoms with van der Waals surface area (Å²) >= 11 is 5.95. The Morgan fingerprint density at radius 2 is 1.82 bits per heavy atom. The van der Waals surface area contributed by atoms with Crippen molar-refractivity contribution in [2.45, 2.75) is 38.5 Å². The second-order valence-electron chi connectivity index (χ2n) is 8.83. The Bertz CT molecular complexity index is 1520. The SMILES string of the molecule is O=C(NCc1cccnc1O)c1cccc(Cn2c(CCCC(F)(F)F)nc(-c3ccc(Cl)cc3)cc2=O)c1. The van der Waals surface area contributed by atoms with E-state index in [1.54, 1.807) is 60.7 Å².